The van der Waals surface area contributed by atoms with Gasteiger partial charge in [-0.2, -0.15) is 13.2 Å². The van der Waals surface area contributed by atoms with Gasteiger partial charge >= 0.3 is 18.2 Å². The number of carbonyl (C=O) groups is 3. The van der Waals surface area contributed by atoms with Crippen LogP contribution in [0.15, 0.2) is 48.5 Å². The topological polar surface area (TPSA) is 105 Å². The molecule has 2 amide bonds. The molecular weight excluding hydrogens is 453 g/mol. The fourth-order valence-corrected chi connectivity index (χ4v) is 4.00. The van der Waals surface area contributed by atoms with Crippen molar-refractivity contribution in [3.63, 3.8) is 0 Å². The molecule has 0 fully saturated rings. The van der Waals surface area contributed by atoms with Crippen LogP contribution >= 0.6 is 0 Å². The van der Waals surface area contributed by atoms with Gasteiger partial charge in [0.05, 0.1) is 6.42 Å². The number of carboxylic acids is 1. The van der Waals surface area contributed by atoms with Gasteiger partial charge in [0, 0.05) is 5.92 Å². The maximum Gasteiger partial charge on any atom is 0.407 e. The second kappa shape index (κ2) is 10.1. The molecule has 2 unspecified atom stereocenters. The van der Waals surface area contributed by atoms with Crippen LogP contribution in [0.3, 0.4) is 0 Å². The van der Waals surface area contributed by atoms with Crippen molar-refractivity contribution in [2.75, 3.05) is 6.61 Å². The number of carbonyl (C=O) groups excluding carboxylic acids is 2. The third-order valence-electron chi connectivity index (χ3n) is 5.62. The van der Waals surface area contributed by atoms with E-state index in [4.69, 9.17) is 9.84 Å². The number of alkyl halides is 3. The molecule has 0 aliphatic heterocycles. The number of ether oxygens (including phenoxy) is 1. The number of carboxylic acid groups (broad SMARTS) is 1. The molecule has 2 atom stereocenters. The summed E-state index contributed by atoms with van der Waals surface area (Å²) >= 11 is 0. The molecule has 2 aromatic carbocycles. The second-order valence-electron chi connectivity index (χ2n) is 8.41. The van der Waals surface area contributed by atoms with Crippen LogP contribution in [0.4, 0.5) is 18.0 Å². The summed E-state index contributed by atoms with van der Waals surface area (Å²) in [5.74, 6) is -3.62. The zero-order valence-electron chi connectivity index (χ0n) is 18.6. The Kier molecular flexibility index (Phi) is 7.48. The Morgan fingerprint density at radius 1 is 0.971 bits per heavy atom. The first-order valence-electron chi connectivity index (χ1n) is 10.7. The molecule has 182 valence electrons. The highest BCUT2D eigenvalue weighted by Crippen LogP contribution is 2.44. The average molecular weight is 478 g/mol. The summed E-state index contributed by atoms with van der Waals surface area (Å²) < 4.78 is 43.3. The number of hydrogen-bond donors (Lipinski definition) is 3. The van der Waals surface area contributed by atoms with Gasteiger partial charge in [-0.3, -0.25) is 4.79 Å². The summed E-state index contributed by atoms with van der Waals surface area (Å²) in [6.45, 7) is 3.11. The lowest BCUT2D eigenvalue weighted by Gasteiger charge is -2.24. The Balaban J connectivity index is 1.66. The molecular formula is C24H25F3N2O5. The van der Waals surface area contributed by atoms with E-state index < -0.39 is 48.6 Å². The minimum atomic E-state index is -4.79. The van der Waals surface area contributed by atoms with Crippen molar-refractivity contribution in [3.8, 4) is 11.1 Å². The molecule has 7 nitrogen and oxygen atoms in total. The van der Waals surface area contributed by atoms with Crippen LogP contribution in [0.1, 0.15) is 37.3 Å². The second-order valence-corrected chi connectivity index (χ2v) is 8.41. The molecule has 34 heavy (non-hydrogen) atoms. The van der Waals surface area contributed by atoms with E-state index in [1.807, 2.05) is 53.8 Å². The molecule has 10 heteroatoms. The molecule has 0 bridgehead atoms. The van der Waals surface area contributed by atoms with Crippen molar-refractivity contribution in [1.29, 1.82) is 0 Å². The Morgan fingerprint density at radius 2 is 1.50 bits per heavy atom. The van der Waals surface area contributed by atoms with Crippen molar-refractivity contribution in [2.45, 2.75) is 44.4 Å². The van der Waals surface area contributed by atoms with Gasteiger partial charge in [0.25, 0.3) is 0 Å². The predicted molar refractivity (Wildman–Crippen MR) is 117 cm³/mol. The van der Waals surface area contributed by atoms with Gasteiger partial charge in [0.15, 0.2) is 0 Å². The normalized spacial score (nSPS) is 14.6. The molecule has 1 aliphatic carbocycles. The predicted octanol–water partition coefficient (Wildman–Crippen LogP) is 4.07. The molecule has 0 radical (unpaired) electrons. The number of alkyl carbamates (subject to hydrolysis) is 1. The largest absolute Gasteiger partial charge is 0.480 e. The van der Waals surface area contributed by atoms with Gasteiger partial charge in [0.2, 0.25) is 5.91 Å². The lowest BCUT2D eigenvalue weighted by atomic mass is 9.98. The van der Waals surface area contributed by atoms with Crippen LogP contribution < -0.4 is 10.6 Å². The summed E-state index contributed by atoms with van der Waals surface area (Å²) in [6, 6.07) is 12.0. The van der Waals surface area contributed by atoms with Crippen LogP contribution in [-0.4, -0.2) is 47.9 Å². The number of aliphatic carboxylic acids is 1. The first-order valence-corrected chi connectivity index (χ1v) is 10.7. The van der Waals surface area contributed by atoms with Crippen LogP contribution in [-0.2, 0) is 14.3 Å². The number of rotatable bonds is 8. The summed E-state index contributed by atoms with van der Waals surface area (Å²) in [6.07, 6.45) is -7.45. The smallest absolute Gasteiger partial charge is 0.407 e. The number of halogens is 3. The first-order chi connectivity index (χ1) is 16.0. The highest BCUT2D eigenvalue weighted by atomic mass is 19.4. The minimum absolute atomic E-state index is 0.0158. The van der Waals surface area contributed by atoms with Gasteiger partial charge in [-0.05, 0) is 28.2 Å². The molecule has 3 rings (SSSR count). The first kappa shape index (κ1) is 25.1. The van der Waals surface area contributed by atoms with Crippen LogP contribution in [0.2, 0.25) is 0 Å². The highest BCUT2D eigenvalue weighted by molar-refractivity contribution is 5.89. The Morgan fingerprint density at radius 3 is 1.97 bits per heavy atom. The molecule has 0 spiro atoms. The van der Waals surface area contributed by atoms with E-state index in [1.165, 1.54) is 0 Å². The zero-order chi connectivity index (χ0) is 25.0. The van der Waals surface area contributed by atoms with Crippen LogP contribution in [0.5, 0.6) is 0 Å². The van der Waals surface area contributed by atoms with Crippen molar-refractivity contribution in [1.82, 2.24) is 10.6 Å². The van der Waals surface area contributed by atoms with E-state index in [9.17, 15) is 27.6 Å². The third kappa shape index (κ3) is 5.86. The van der Waals surface area contributed by atoms with E-state index in [0.29, 0.717) is 0 Å². The van der Waals surface area contributed by atoms with Gasteiger partial charge in [0.1, 0.15) is 18.7 Å². The van der Waals surface area contributed by atoms with Crippen LogP contribution in [0, 0.1) is 5.92 Å². The standard InChI is InChI=1S/C24H25F3N2O5/c1-13(2)20(21(30)28-19(22(31)32)11-24(25,26)27)29-23(33)34-12-18-16-9-5-3-7-14(16)15-8-4-6-10-17(15)18/h3-10,13,18-20H,11-12H2,1-2H3,(H,28,30)(H,29,33)(H,31,32). The molecule has 1 aliphatic rings. The maximum absolute atomic E-state index is 12.6. The zero-order valence-corrected chi connectivity index (χ0v) is 18.6. The summed E-state index contributed by atoms with van der Waals surface area (Å²) in [7, 11) is 0. The third-order valence-corrected chi connectivity index (χ3v) is 5.62. The number of fused-ring (bicyclic) bond motifs is 3. The molecule has 0 saturated heterocycles. The lowest BCUT2D eigenvalue weighted by molar-refractivity contribution is -0.160. The van der Waals surface area contributed by atoms with Crippen molar-refractivity contribution >= 4 is 18.0 Å². The Bertz CT molecular complexity index is 1030. The van der Waals surface area contributed by atoms with Crippen molar-refractivity contribution < 1.29 is 37.4 Å². The minimum Gasteiger partial charge on any atom is -0.480 e. The number of benzene rings is 2. The Labute approximate surface area is 194 Å². The SMILES string of the molecule is CC(C)C(NC(=O)OCC1c2ccccc2-c2ccccc21)C(=O)NC(CC(F)(F)F)C(=O)O. The summed E-state index contributed by atoms with van der Waals surface area (Å²) in [5, 5.41) is 13.2. The fourth-order valence-electron chi connectivity index (χ4n) is 4.00. The maximum atomic E-state index is 12.6. The summed E-state index contributed by atoms with van der Waals surface area (Å²) in [5.41, 5.74) is 4.06. The van der Waals surface area contributed by atoms with E-state index >= 15 is 0 Å². The molecule has 2 aromatic rings. The number of nitrogens with one attached hydrogen (secondary N) is 2. The quantitative estimate of drug-likeness (QED) is 0.531. The number of hydrogen-bond acceptors (Lipinski definition) is 4. The van der Waals surface area contributed by atoms with Gasteiger partial charge < -0.3 is 20.5 Å². The highest BCUT2D eigenvalue weighted by Gasteiger charge is 2.38. The number of amides is 2. The van der Waals surface area contributed by atoms with Crippen molar-refractivity contribution in [2.24, 2.45) is 5.92 Å². The average Bonchev–Trinajstić information content (AvgIpc) is 3.08. The van der Waals surface area contributed by atoms with E-state index in [-0.39, 0.29) is 12.5 Å². The van der Waals surface area contributed by atoms with E-state index in [0.717, 1.165) is 22.3 Å². The van der Waals surface area contributed by atoms with Gasteiger partial charge in [-0.1, -0.05) is 62.4 Å². The molecule has 0 aromatic heterocycles. The molecule has 0 heterocycles. The fraction of sp³-hybridized carbons (Fsp3) is 0.375. The Hall–Kier alpha value is -3.56. The lowest BCUT2D eigenvalue weighted by Crippen LogP contribution is -2.54. The van der Waals surface area contributed by atoms with E-state index in [2.05, 4.69) is 5.32 Å². The van der Waals surface area contributed by atoms with Crippen molar-refractivity contribution in [3.05, 3.63) is 59.7 Å². The summed E-state index contributed by atoms with van der Waals surface area (Å²) in [4.78, 5) is 36.1. The van der Waals surface area contributed by atoms with E-state index in [1.54, 1.807) is 13.8 Å². The van der Waals surface area contributed by atoms with Crippen LogP contribution in [0.25, 0.3) is 11.1 Å². The van der Waals surface area contributed by atoms with Gasteiger partial charge in [-0.15, -0.1) is 0 Å². The van der Waals surface area contributed by atoms with Gasteiger partial charge in [-0.25, -0.2) is 9.59 Å². The molecule has 3 N–H and O–H groups in total. The molecule has 0 saturated carbocycles. The monoisotopic (exact) mass is 478 g/mol.